The maximum atomic E-state index is 8.73. The van der Waals surface area contributed by atoms with Gasteiger partial charge in [-0.25, -0.2) is 0 Å². The SMILES string of the molecule is COCCN(CCCCCCO)C(C)C1CC1. The van der Waals surface area contributed by atoms with Gasteiger partial charge in [0, 0.05) is 26.3 Å². The Morgan fingerprint density at radius 3 is 2.47 bits per heavy atom. The van der Waals surface area contributed by atoms with E-state index in [4.69, 9.17) is 9.84 Å². The third kappa shape index (κ3) is 6.39. The lowest BCUT2D eigenvalue weighted by Gasteiger charge is -2.29. The van der Waals surface area contributed by atoms with Gasteiger partial charge in [-0.05, 0) is 45.1 Å². The van der Waals surface area contributed by atoms with Crippen molar-refractivity contribution in [3.63, 3.8) is 0 Å². The van der Waals surface area contributed by atoms with E-state index in [0.29, 0.717) is 6.61 Å². The average Bonchev–Trinajstić information content (AvgIpc) is 3.16. The van der Waals surface area contributed by atoms with Crippen molar-refractivity contribution in [1.29, 1.82) is 0 Å². The first-order valence-electron chi connectivity index (χ1n) is 7.13. The van der Waals surface area contributed by atoms with Crippen molar-refractivity contribution in [2.24, 2.45) is 5.92 Å². The second-order valence-electron chi connectivity index (χ2n) is 5.24. The molecule has 3 heteroatoms. The molecule has 1 unspecified atom stereocenters. The van der Waals surface area contributed by atoms with Crippen LogP contribution in [0.15, 0.2) is 0 Å². The summed E-state index contributed by atoms with van der Waals surface area (Å²) < 4.78 is 5.19. The van der Waals surface area contributed by atoms with Crippen LogP contribution in [0.2, 0.25) is 0 Å². The fourth-order valence-electron chi connectivity index (χ4n) is 2.38. The zero-order valence-electron chi connectivity index (χ0n) is 11.5. The summed E-state index contributed by atoms with van der Waals surface area (Å²) in [5.41, 5.74) is 0. The Kier molecular flexibility index (Phi) is 7.82. The van der Waals surface area contributed by atoms with Gasteiger partial charge in [-0.15, -0.1) is 0 Å². The third-order valence-electron chi connectivity index (χ3n) is 3.82. The van der Waals surface area contributed by atoms with Crippen LogP contribution in [0.4, 0.5) is 0 Å². The number of aliphatic hydroxyl groups excluding tert-OH is 1. The topological polar surface area (TPSA) is 32.7 Å². The van der Waals surface area contributed by atoms with Crippen molar-refractivity contribution in [2.45, 2.75) is 51.5 Å². The lowest BCUT2D eigenvalue weighted by molar-refractivity contribution is 0.115. The van der Waals surface area contributed by atoms with Gasteiger partial charge >= 0.3 is 0 Å². The molecule has 102 valence electrons. The maximum absolute atomic E-state index is 8.73. The van der Waals surface area contributed by atoms with Crippen LogP contribution >= 0.6 is 0 Å². The number of nitrogens with zero attached hydrogens (tertiary/aromatic N) is 1. The highest BCUT2D eigenvalue weighted by atomic mass is 16.5. The van der Waals surface area contributed by atoms with Crippen LogP contribution in [0.5, 0.6) is 0 Å². The second kappa shape index (κ2) is 8.90. The first-order chi connectivity index (χ1) is 8.29. The summed E-state index contributed by atoms with van der Waals surface area (Å²) in [7, 11) is 1.78. The molecule has 1 aliphatic rings. The largest absolute Gasteiger partial charge is 0.396 e. The van der Waals surface area contributed by atoms with Gasteiger partial charge in [-0.2, -0.15) is 0 Å². The highest BCUT2D eigenvalue weighted by molar-refractivity contribution is 4.85. The van der Waals surface area contributed by atoms with Gasteiger partial charge in [0.25, 0.3) is 0 Å². The standard InChI is InChI=1S/C14H29NO2/c1-13(14-7-8-14)15(10-12-17-2)9-5-3-4-6-11-16/h13-14,16H,3-12H2,1-2H3. The summed E-state index contributed by atoms with van der Waals surface area (Å²) in [6.07, 6.45) is 7.43. The van der Waals surface area contributed by atoms with E-state index in [2.05, 4.69) is 11.8 Å². The minimum absolute atomic E-state index is 0.339. The molecular weight excluding hydrogens is 214 g/mol. The molecule has 0 amide bonds. The molecule has 3 nitrogen and oxygen atoms in total. The van der Waals surface area contributed by atoms with Crippen molar-refractivity contribution in [3.8, 4) is 0 Å². The molecule has 1 N–H and O–H groups in total. The van der Waals surface area contributed by atoms with Gasteiger partial charge in [0.15, 0.2) is 0 Å². The van der Waals surface area contributed by atoms with Crippen LogP contribution in [0.3, 0.4) is 0 Å². The summed E-state index contributed by atoms with van der Waals surface area (Å²) in [6, 6.07) is 0.725. The minimum Gasteiger partial charge on any atom is -0.396 e. The molecule has 0 aliphatic heterocycles. The van der Waals surface area contributed by atoms with E-state index < -0.39 is 0 Å². The summed E-state index contributed by atoms with van der Waals surface area (Å²) >= 11 is 0. The normalized spacial score (nSPS) is 17.6. The molecule has 0 aromatic rings. The van der Waals surface area contributed by atoms with Crippen LogP contribution in [-0.4, -0.2) is 49.5 Å². The Morgan fingerprint density at radius 1 is 1.18 bits per heavy atom. The lowest BCUT2D eigenvalue weighted by Crippen LogP contribution is -2.37. The van der Waals surface area contributed by atoms with Gasteiger partial charge in [0.2, 0.25) is 0 Å². The van der Waals surface area contributed by atoms with Gasteiger partial charge in [0.05, 0.1) is 6.61 Å². The number of hydrogen-bond acceptors (Lipinski definition) is 3. The molecule has 0 aromatic heterocycles. The molecule has 1 atom stereocenters. The average molecular weight is 243 g/mol. The van der Waals surface area contributed by atoms with Crippen molar-refractivity contribution >= 4 is 0 Å². The summed E-state index contributed by atoms with van der Waals surface area (Å²) in [5.74, 6) is 0.935. The Hall–Kier alpha value is -0.120. The van der Waals surface area contributed by atoms with Gasteiger partial charge in [-0.1, -0.05) is 12.8 Å². The molecule has 0 heterocycles. The summed E-state index contributed by atoms with van der Waals surface area (Å²) in [6.45, 7) is 5.79. The second-order valence-corrected chi connectivity index (χ2v) is 5.24. The fourth-order valence-corrected chi connectivity index (χ4v) is 2.38. The van der Waals surface area contributed by atoms with E-state index in [1.54, 1.807) is 7.11 Å². The Morgan fingerprint density at radius 2 is 1.88 bits per heavy atom. The number of methoxy groups -OCH3 is 1. The highest BCUT2D eigenvalue weighted by Crippen LogP contribution is 2.35. The van der Waals surface area contributed by atoms with Crippen LogP contribution in [0, 0.1) is 5.92 Å². The molecule has 1 rings (SSSR count). The predicted molar refractivity (Wildman–Crippen MR) is 71.2 cm³/mol. The van der Waals surface area contributed by atoms with E-state index in [0.717, 1.165) is 38.0 Å². The fraction of sp³-hybridized carbons (Fsp3) is 1.00. The van der Waals surface area contributed by atoms with Crippen LogP contribution in [-0.2, 0) is 4.74 Å². The predicted octanol–water partition coefficient (Wildman–Crippen LogP) is 2.29. The molecular formula is C14H29NO2. The van der Waals surface area contributed by atoms with Gasteiger partial charge in [0.1, 0.15) is 0 Å². The molecule has 0 spiro atoms. The molecule has 0 aromatic carbocycles. The molecule has 1 saturated carbocycles. The van der Waals surface area contributed by atoms with E-state index in [1.165, 1.54) is 32.2 Å². The first-order valence-corrected chi connectivity index (χ1v) is 7.13. The van der Waals surface area contributed by atoms with Crippen LogP contribution in [0.25, 0.3) is 0 Å². The monoisotopic (exact) mass is 243 g/mol. The minimum atomic E-state index is 0.339. The molecule has 17 heavy (non-hydrogen) atoms. The van der Waals surface area contributed by atoms with E-state index in [-0.39, 0.29) is 0 Å². The zero-order chi connectivity index (χ0) is 12.5. The van der Waals surface area contributed by atoms with E-state index >= 15 is 0 Å². The van der Waals surface area contributed by atoms with Gasteiger partial charge in [-0.3, -0.25) is 4.90 Å². The zero-order valence-corrected chi connectivity index (χ0v) is 11.5. The highest BCUT2D eigenvalue weighted by Gasteiger charge is 2.31. The molecule has 1 aliphatic carbocycles. The lowest BCUT2D eigenvalue weighted by atomic mass is 10.1. The van der Waals surface area contributed by atoms with Crippen molar-refractivity contribution in [1.82, 2.24) is 4.90 Å². The number of rotatable bonds is 11. The number of ether oxygens (including phenoxy) is 1. The Balaban J connectivity index is 2.15. The van der Waals surface area contributed by atoms with Crippen LogP contribution < -0.4 is 0 Å². The molecule has 0 saturated heterocycles. The smallest absolute Gasteiger partial charge is 0.0589 e. The van der Waals surface area contributed by atoms with Crippen LogP contribution in [0.1, 0.15) is 45.4 Å². The third-order valence-corrected chi connectivity index (χ3v) is 3.82. The number of unbranched alkanes of at least 4 members (excludes halogenated alkanes) is 3. The van der Waals surface area contributed by atoms with Gasteiger partial charge < -0.3 is 9.84 Å². The van der Waals surface area contributed by atoms with E-state index in [1.807, 2.05) is 0 Å². The van der Waals surface area contributed by atoms with Crippen molar-refractivity contribution in [2.75, 3.05) is 33.4 Å². The van der Waals surface area contributed by atoms with E-state index in [9.17, 15) is 0 Å². The van der Waals surface area contributed by atoms with Crippen molar-refractivity contribution in [3.05, 3.63) is 0 Å². The summed E-state index contributed by atoms with van der Waals surface area (Å²) in [5, 5.41) is 8.73. The molecule has 1 fully saturated rings. The Bertz CT molecular complexity index is 183. The molecule has 0 radical (unpaired) electrons. The quantitative estimate of drug-likeness (QED) is 0.565. The Labute approximate surface area is 106 Å². The number of aliphatic hydroxyl groups is 1. The first kappa shape index (κ1) is 14.9. The summed E-state index contributed by atoms with van der Waals surface area (Å²) in [4.78, 5) is 2.58. The number of hydrogen-bond donors (Lipinski definition) is 1. The molecule has 0 bridgehead atoms. The maximum Gasteiger partial charge on any atom is 0.0589 e. The van der Waals surface area contributed by atoms with Crippen molar-refractivity contribution < 1.29 is 9.84 Å².